The van der Waals surface area contributed by atoms with Gasteiger partial charge in [-0.1, -0.05) is 57.9 Å². The number of hydrogen-bond donors (Lipinski definition) is 1. The Kier molecular flexibility index (Phi) is 14.5. The van der Waals surface area contributed by atoms with Crippen LogP contribution >= 0.6 is 0 Å². The van der Waals surface area contributed by atoms with Crippen LogP contribution in [0.2, 0.25) is 0 Å². The predicted molar refractivity (Wildman–Crippen MR) is 87.5 cm³/mol. The number of hydrogen-bond acceptors (Lipinski definition) is 2. The molecule has 0 bridgehead atoms. The summed E-state index contributed by atoms with van der Waals surface area (Å²) in [7, 11) is 0. The maximum absolute atomic E-state index is 11.5. The van der Waals surface area contributed by atoms with Crippen molar-refractivity contribution < 1.29 is 14.7 Å². The molecule has 1 N–H and O–H groups in total. The predicted octanol–water partition coefficient (Wildman–Crippen LogP) is 5.29. The van der Waals surface area contributed by atoms with Gasteiger partial charge in [0.25, 0.3) is 0 Å². The van der Waals surface area contributed by atoms with Gasteiger partial charge in [-0.2, -0.15) is 0 Å². The van der Waals surface area contributed by atoms with Crippen LogP contribution in [-0.2, 0) is 9.59 Å². The number of carboxylic acids is 1. The van der Waals surface area contributed by atoms with Crippen LogP contribution in [0, 0.1) is 0 Å². The molecule has 0 aliphatic heterocycles. The second-order valence-corrected chi connectivity index (χ2v) is 5.73. The summed E-state index contributed by atoms with van der Waals surface area (Å²) in [6, 6.07) is 0. The van der Waals surface area contributed by atoms with Crippen molar-refractivity contribution >= 4 is 11.8 Å². The first-order valence-corrected chi connectivity index (χ1v) is 8.58. The summed E-state index contributed by atoms with van der Waals surface area (Å²) in [5.74, 6) is -0.431. The fourth-order valence-electron chi connectivity index (χ4n) is 2.27. The molecule has 122 valence electrons. The van der Waals surface area contributed by atoms with E-state index in [0.29, 0.717) is 12.8 Å². The van der Waals surface area contributed by atoms with Crippen LogP contribution < -0.4 is 0 Å². The normalized spacial score (nSPS) is 11.1. The molecule has 3 nitrogen and oxygen atoms in total. The van der Waals surface area contributed by atoms with E-state index in [4.69, 9.17) is 5.11 Å². The number of allylic oxidation sites excluding steroid dienone is 2. The molecule has 0 atom stereocenters. The summed E-state index contributed by atoms with van der Waals surface area (Å²) in [5.41, 5.74) is 0. The minimum absolute atomic E-state index is 0.264. The molecule has 0 saturated carbocycles. The van der Waals surface area contributed by atoms with Crippen molar-refractivity contribution in [2.75, 3.05) is 0 Å². The van der Waals surface area contributed by atoms with Crippen LogP contribution in [0.3, 0.4) is 0 Å². The minimum atomic E-state index is -0.695. The van der Waals surface area contributed by atoms with Crippen molar-refractivity contribution in [3.8, 4) is 0 Å². The van der Waals surface area contributed by atoms with E-state index >= 15 is 0 Å². The van der Waals surface area contributed by atoms with E-state index in [-0.39, 0.29) is 5.78 Å². The fourth-order valence-corrected chi connectivity index (χ4v) is 2.27. The van der Waals surface area contributed by atoms with Crippen molar-refractivity contribution in [2.24, 2.45) is 0 Å². The molecule has 21 heavy (non-hydrogen) atoms. The Labute approximate surface area is 129 Å². The van der Waals surface area contributed by atoms with Gasteiger partial charge in [0.1, 0.15) is 0 Å². The van der Waals surface area contributed by atoms with Gasteiger partial charge >= 0.3 is 5.97 Å². The summed E-state index contributed by atoms with van der Waals surface area (Å²) in [5, 5.41) is 8.50. The third-order valence-electron chi connectivity index (χ3n) is 3.59. The van der Waals surface area contributed by atoms with Gasteiger partial charge in [0, 0.05) is 12.8 Å². The number of carbonyl (C=O) groups is 2. The lowest BCUT2D eigenvalue weighted by Gasteiger charge is -1.99. The molecule has 0 fully saturated rings. The van der Waals surface area contributed by atoms with Crippen LogP contribution in [0.25, 0.3) is 0 Å². The molecule has 0 amide bonds. The Balaban J connectivity index is 3.27. The van der Waals surface area contributed by atoms with Crippen molar-refractivity contribution in [1.82, 2.24) is 0 Å². The summed E-state index contributed by atoms with van der Waals surface area (Å²) in [4.78, 5) is 21.9. The van der Waals surface area contributed by atoms with Crippen LogP contribution in [0.5, 0.6) is 0 Å². The second-order valence-electron chi connectivity index (χ2n) is 5.73. The van der Waals surface area contributed by atoms with Crippen LogP contribution in [0.1, 0.15) is 90.4 Å². The monoisotopic (exact) mass is 296 g/mol. The highest BCUT2D eigenvalue weighted by Crippen LogP contribution is 2.09. The Morgan fingerprint density at radius 3 is 2.05 bits per heavy atom. The number of ketones is 1. The third kappa shape index (κ3) is 16.8. The molecule has 0 aliphatic carbocycles. The summed E-state index contributed by atoms with van der Waals surface area (Å²) >= 11 is 0. The van der Waals surface area contributed by atoms with Crippen molar-refractivity contribution in [3.63, 3.8) is 0 Å². The first kappa shape index (κ1) is 19.9. The first-order valence-electron chi connectivity index (χ1n) is 8.58. The second kappa shape index (κ2) is 15.3. The molecule has 0 aromatic heterocycles. The minimum Gasteiger partial charge on any atom is -0.481 e. The van der Waals surface area contributed by atoms with E-state index in [0.717, 1.165) is 44.9 Å². The largest absolute Gasteiger partial charge is 0.481 e. The number of aliphatic carboxylic acids is 1. The third-order valence-corrected chi connectivity index (χ3v) is 3.59. The smallest absolute Gasteiger partial charge is 0.303 e. The summed E-state index contributed by atoms with van der Waals surface area (Å²) in [6.07, 6.45) is 16.7. The number of unbranched alkanes of at least 4 members (excludes halogenated alkanes) is 9. The van der Waals surface area contributed by atoms with Gasteiger partial charge in [0.05, 0.1) is 0 Å². The highest BCUT2D eigenvalue weighted by atomic mass is 16.4. The zero-order chi connectivity index (χ0) is 15.8. The van der Waals surface area contributed by atoms with Crippen LogP contribution in [0.15, 0.2) is 12.2 Å². The van der Waals surface area contributed by atoms with Gasteiger partial charge in [0.15, 0.2) is 5.78 Å². The molecule has 0 spiro atoms. The number of rotatable bonds is 15. The molecule has 0 saturated heterocycles. The van der Waals surface area contributed by atoms with E-state index in [1.165, 1.54) is 25.7 Å². The molecule has 0 radical (unpaired) electrons. The quantitative estimate of drug-likeness (QED) is 0.330. The lowest BCUT2D eigenvalue weighted by Crippen LogP contribution is -1.93. The van der Waals surface area contributed by atoms with E-state index < -0.39 is 5.97 Å². The van der Waals surface area contributed by atoms with Gasteiger partial charge in [-0.25, -0.2) is 0 Å². The average molecular weight is 296 g/mol. The highest BCUT2D eigenvalue weighted by molar-refractivity contribution is 5.89. The van der Waals surface area contributed by atoms with Crippen LogP contribution in [0.4, 0.5) is 0 Å². The Hall–Kier alpha value is -1.12. The Morgan fingerprint density at radius 2 is 1.38 bits per heavy atom. The van der Waals surface area contributed by atoms with E-state index in [9.17, 15) is 9.59 Å². The maximum Gasteiger partial charge on any atom is 0.303 e. The summed E-state index contributed by atoms with van der Waals surface area (Å²) in [6.45, 7) is 2.17. The molecule has 0 aromatic rings. The lowest BCUT2D eigenvalue weighted by molar-refractivity contribution is -0.137. The zero-order valence-electron chi connectivity index (χ0n) is 13.6. The van der Waals surface area contributed by atoms with Crippen molar-refractivity contribution in [2.45, 2.75) is 90.4 Å². The first-order chi connectivity index (χ1) is 10.2. The zero-order valence-corrected chi connectivity index (χ0v) is 13.6. The standard InChI is InChI=1S/C18H32O3/c1-2-3-4-11-14-17(19)15-12-9-7-5-6-8-10-13-16-18(20)21/h12,15H,2-11,13-14,16H2,1H3,(H,20,21)/b15-12+. The van der Waals surface area contributed by atoms with Gasteiger partial charge in [0.2, 0.25) is 0 Å². The topological polar surface area (TPSA) is 54.4 Å². The Morgan fingerprint density at radius 1 is 0.810 bits per heavy atom. The van der Waals surface area contributed by atoms with E-state index in [1.807, 2.05) is 6.08 Å². The fraction of sp³-hybridized carbons (Fsp3) is 0.778. The molecular weight excluding hydrogens is 264 g/mol. The molecule has 3 heteroatoms. The van der Waals surface area contributed by atoms with Crippen molar-refractivity contribution in [3.05, 3.63) is 12.2 Å². The highest BCUT2D eigenvalue weighted by Gasteiger charge is 1.97. The van der Waals surface area contributed by atoms with E-state index in [1.54, 1.807) is 6.08 Å². The number of carboxylic acid groups (broad SMARTS) is 1. The lowest BCUT2D eigenvalue weighted by atomic mass is 10.1. The number of carbonyl (C=O) groups excluding carboxylic acids is 1. The van der Waals surface area contributed by atoms with Gasteiger partial charge < -0.3 is 5.11 Å². The molecule has 0 unspecified atom stereocenters. The maximum atomic E-state index is 11.5. The average Bonchev–Trinajstić information content (AvgIpc) is 2.45. The van der Waals surface area contributed by atoms with E-state index in [2.05, 4.69) is 6.92 Å². The SMILES string of the molecule is CCCCCCC(=O)/C=C/CCCCCCCCC(=O)O. The molecule has 0 heterocycles. The van der Waals surface area contributed by atoms with Crippen molar-refractivity contribution in [1.29, 1.82) is 0 Å². The summed E-state index contributed by atoms with van der Waals surface area (Å²) < 4.78 is 0. The molecular formula is C18H32O3. The van der Waals surface area contributed by atoms with Crippen LogP contribution in [-0.4, -0.2) is 16.9 Å². The molecule has 0 aromatic carbocycles. The van der Waals surface area contributed by atoms with Gasteiger partial charge in [-0.15, -0.1) is 0 Å². The van der Waals surface area contributed by atoms with Gasteiger partial charge in [-0.05, 0) is 31.8 Å². The molecule has 0 aliphatic rings. The molecule has 0 rings (SSSR count). The Bertz CT molecular complexity index is 295. The van der Waals surface area contributed by atoms with Gasteiger partial charge in [-0.3, -0.25) is 9.59 Å².